The van der Waals surface area contributed by atoms with Gasteiger partial charge in [0.05, 0.1) is 15.7 Å². The van der Waals surface area contributed by atoms with Gasteiger partial charge in [0.25, 0.3) is 5.91 Å². The maximum absolute atomic E-state index is 13.8. The fourth-order valence-corrected chi connectivity index (χ4v) is 3.32. The highest BCUT2D eigenvalue weighted by molar-refractivity contribution is 6.31. The molecule has 3 rings (SSSR count). The summed E-state index contributed by atoms with van der Waals surface area (Å²) in [4.78, 5) is 22.8. The predicted octanol–water partition coefficient (Wildman–Crippen LogP) is 4.32. The number of aryl methyl sites for hydroxylation is 1. The van der Waals surface area contributed by atoms with Crippen LogP contribution in [0.25, 0.3) is 0 Å². The maximum atomic E-state index is 13.8. The second-order valence-corrected chi connectivity index (χ2v) is 7.59. The van der Waals surface area contributed by atoms with Crippen LogP contribution >= 0.6 is 11.6 Å². The summed E-state index contributed by atoms with van der Waals surface area (Å²) in [6.07, 6.45) is 0. The van der Waals surface area contributed by atoms with Crippen LogP contribution in [0, 0.1) is 29.8 Å². The third-order valence-corrected chi connectivity index (χ3v) is 5.24. The molecule has 0 saturated heterocycles. The van der Waals surface area contributed by atoms with Crippen LogP contribution in [0.5, 0.6) is 5.75 Å². The number of aromatic nitrogens is 2. The van der Waals surface area contributed by atoms with Crippen molar-refractivity contribution in [3.8, 4) is 5.75 Å². The van der Waals surface area contributed by atoms with Crippen molar-refractivity contribution in [1.29, 1.82) is 0 Å². The lowest BCUT2D eigenvalue weighted by atomic mass is 10.1. The van der Waals surface area contributed by atoms with Crippen molar-refractivity contribution in [2.24, 2.45) is 5.10 Å². The molecular weight excluding hydrogens is 453 g/mol. The van der Waals surface area contributed by atoms with Crippen LogP contribution in [0.15, 0.2) is 47.6 Å². The number of carbonyl (C=O) groups excluding carboxylic acids is 1. The summed E-state index contributed by atoms with van der Waals surface area (Å²) < 4.78 is 20.7. The van der Waals surface area contributed by atoms with Gasteiger partial charge >= 0.3 is 5.69 Å². The summed E-state index contributed by atoms with van der Waals surface area (Å²) in [6.45, 7) is 4.54. The molecule has 0 spiro atoms. The molecule has 1 heterocycles. The molecule has 3 aromatic rings. The lowest BCUT2D eigenvalue weighted by Gasteiger charge is -2.09. The first-order valence-electron chi connectivity index (χ1n) is 9.85. The molecule has 0 fully saturated rings. The number of carbonyl (C=O) groups is 1. The number of hydrazone groups is 1. The van der Waals surface area contributed by atoms with Crippen LogP contribution in [0.1, 0.15) is 29.4 Å². The molecule has 0 saturated carbocycles. The number of nitrogens with zero attached hydrogens (tertiary/aromatic N) is 4. The van der Waals surface area contributed by atoms with Gasteiger partial charge in [0.1, 0.15) is 36.1 Å². The molecule has 1 aromatic heterocycles. The van der Waals surface area contributed by atoms with E-state index in [4.69, 9.17) is 16.3 Å². The Morgan fingerprint density at radius 3 is 2.58 bits per heavy atom. The van der Waals surface area contributed by atoms with Gasteiger partial charge in [-0.05, 0) is 62.7 Å². The first-order chi connectivity index (χ1) is 15.7. The van der Waals surface area contributed by atoms with Crippen molar-refractivity contribution in [1.82, 2.24) is 15.2 Å². The molecule has 1 amide bonds. The number of halogens is 2. The molecule has 0 aliphatic rings. The fourth-order valence-electron chi connectivity index (χ4n) is 3.11. The zero-order chi connectivity index (χ0) is 24.1. The van der Waals surface area contributed by atoms with E-state index in [2.05, 4.69) is 15.6 Å². The van der Waals surface area contributed by atoms with Crippen molar-refractivity contribution >= 4 is 28.9 Å². The van der Waals surface area contributed by atoms with Gasteiger partial charge in [-0.15, -0.1) is 0 Å². The minimum Gasteiger partial charge on any atom is -0.489 e. The summed E-state index contributed by atoms with van der Waals surface area (Å²) >= 11 is 6.00. The Morgan fingerprint density at radius 2 is 1.97 bits per heavy atom. The van der Waals surface area contributed by atoms with Crippen LogP contribution in [0.4, 0.5) is 10.1 Å². The van der Waals surface area contributed by atoms with Gasteiger partial charge in [0.2, 0.25) is 0 Å². The fraction of sp³-hybridized carbons (Fsp3) is 0.227. The Morgan fingerprint density at radius 1 is 1.27 bits per heavy atom. The zero-order valence-electron chi connectivity index (χ0n) is 18.1. The van der Waals surface area contributed by atoms with Gasteiger partial charge in [0, 0.05) is 5.56 Å². The van der Waals surface area contributed by atoms with Crippen LogP contribution in [-0.2, 0) is 17.9 Å². The number of hydrogen-bond acceptors (Lipinski definition) is 6. The molecule has 0 radical (unpaired) electrons. The Balaban J connectivity index is 1.59. The number of ether oxygens (including phenoxy) is 1. The Hall–Kier alpha value is -3.79. The SMILES string of the molecule is C/C(=N\NC(=O)Cn1nc(C)c([N+](=O)[O-])c1C)c1ccc(OCc2c(F)cccc2Cl)cc1. The molecular formula is C22H21ClFN5O4. The molecule has 0 aliphatic carbocycles. The molecule has 33 heavy (non-hydrogen) atoms. The van der Waals surface area contributed by atoms with Gasteiger partial charge in [-0.2, -0.15) is 10.2 Å². The number of hydrogen-bond donors (Lipinski definition) is 1. The van der Waals surface area contributed by atoms with Gasteiger partial charge in [-0.25, -0.2) is 9.82 Å². The van der Waals surface area contributed by atoms with Gasteiger partial charge in [-0.1, -0.05) is 17.7 Å². The predicted molar refractivity (Wildman–Crippen MR) is 121 cm³/mol. The van der Waals surface area contributed by atoms with Crippen molar-refractivity contribution in [2.45, 2.75) is 33.9 Å². The molecule has 0 atom stereocenters. The van der Waals surface area contributed by atoms with E-state index in [-0.39, 0.29) is 30.1 Å². The lowest BCUT2D eigenvalue weighted by Crippen LogP contribution is -2.25. The summed E-state index contributed by atoms with van der Waals surface area (Å²) in [5.74, 6) is -0.398. The molecule has 9 nitrogen and oxygen atoms in total. The standard InChI is InChI=1S/C22H21ClFN5O4/c1-13(25-26-21(30)11-28-15(3)22(29(31)32)14(2)27-28)16-7-9-17(10-8-16)33-12-18-19(23)5-4-6-20(18)24/h4-10H,11-12H2,1-3H3,(H,26,30)/b25-13+. The van der Waals surface area contributed by atoms with Crippen molar-refractivity contribution < 1.29 is 18.8 Å². The number of nitrogens with one attached hydrogen (secondary N) is 1. The molecule has 2 aromatic carbocycles. The van der Waals surface area contributed by atoms with Gasteiger partial charge in [-0.3, -0.25) is 19.6 Å². The largest absolute Gasteiger partial charge is 0.489 e. The zero-order valence-corrected chi connectivity index (χ0v) is 18.9. The van der Waals surface area contributed by atoms with Gasteiger partial charge < -0.3 is 4.74 Å². The molecule has 0 aliphatic heterocycles. The maximum Gasteiger partial charge on any atom is 0.312 e. The van der Waals surface area contributed by atoms with E-state index in [1.807, 2.05) is 0 Å². The third-order valence-electron chi connectivity index (χ3n) is 4.88. The molecule has 0 bridgehead atoms. The highest BCUT2D eigenvalue weighted by atomic mass is 35.5. The van der Waals surface area contributed by atoms with E-state index in [1.54, 1.807) is 37.3 Å². The number of amides is 1. The van der Waals surface area contributed by atoms with E-state index in [0.29, 0.717) is 22.2 Å². The van der Waals surface area contributed by atoms with E-state index in [1.165, 1.54) is 30.7 Å². The van der Waals surface area contributed by atoms with Crippen molar-refractivity contribution in [3.63, 3.8) is 0 Å². The van der Waals surface area contributed by atoms with E-state index < -0.39 is 16.6 Å². The van der Waals surface area contributed by atoms with Crippen LogP contribution < -0.4 is 10.2 Å². The first-order valence-corrected chi connectivity index (χ1v) is 10.2. The number of benzene rings is 2. The Bertz CT molecular complexity index is 1200. The minimum atomic E-state index is -0.521. The second-order valence-electron chi connectivity index (χ2n) is 7.18. The molecule has 0 unspecified atom stereocenters. The summed E-state index contributed by atoms with van der Waals surface area (Å²) in [5.41, 5.74) is 4.38. The molecule has 1 N–H and O–H groups in total. The van der Waals surface area contributed by atoms with Crippen molar-refractivity contribution in [2.75, 3.05) is 0 Å². The summed E-state index contributed by atoms with van der Waals surface area (Å²) in [5, 5.41) is 19.5. The van der Waals surface area contributed by atoms with Gasteiger partial charge in [0.15, 0.2) is 0 Å². The first kappa shape index (κ1) is 23.9. The summed E-state index contributed by atoms with van der Waals surface area (Å²) in [7, 11) is 0. The average molecular weight is 474 g/mol. The van der Waals surface area contributed by atoms with E-state index in [9.17, 15) is 19.3 Å². The number of rotatable bonds is 8. The van der Waals surface area contributed by atoms with E-state index in [0.717, 1.165) is 5.56 Å². The molecule has 172 valence electrons. The van der Waals surface area contributed by atoms with Crippen LogP contribution in [0.2, 0.25) is 5.02 Å². The Kier molecular flexibility index (Phi) is 7.39. The lowest BCUT2D eigenvalue weighted by molar-refractivity contribution is -0.386. The molecule has 11 heteroatoms. The smallest absolute Gasteiger partial charge is 0.312 e. The topological polar surface area (TPSA) is 112 Å². The highest BCUT2D eigenvalue weighted by Crippen LogP contribution is 2.22. The minimum absolute atomic E-state index is 0.0154. The normalized spacial score (nSPS) is 11.4. The third kappa shape index (κ3) is 5.72. The number of nitro groups is 1. The summed E-state index contributed by atoms with van der Waals surface area (Å²) in [6, 6.07) is 11.3. The van der Waals surface area contributed by atoms with Crippen LogP contribution in [-0.4, -0.2) is 26.3 Å². The highest BCUT2D eigenvalue weighted by Gasteiger charge is 2.22. The van der Waals surface area contributed by atoms with E-state index >= 15 is 0 Å². The monoisotopic (exact) mass is 473 g/mol. The quantitative estimate of drug-likeness (QED) is 0.297. The Labute approximate surface area is 194 Å². The van der Waals surface area contributed by atoms with Crippen molar-refractivity contribution in [3.05, 3.63) is 85.9 Å². The second kappa shape index (κ2) is 10.2. The average Bonchev–Trinajstić information content (AvgIpc) is 3.05. The van der Waals surface area contributed by atoms with Crippen LogP contribution in [0.3, 0.4) is 0 Å².